The van der Waals surface area contributed by atoms with E-state index in [0.29, 0.717) is 28.2 Å². The molecule has 0 saturated heterocycles. The van der Waals surface area contributed by atoms with Crippen LogP contribution < -0.4 is 5.32 Å². The number of fused-ring (bicyclic) bond motifs is 1. The van der Waals surface area contributed by atoms with Crippen LogP contribution in [-0.2, 0) is 0 Å². The molecule has 1 aromatic heterocycles. The average molecular weight is 476 g/mol. The van der Waals surface area contributed by atoms with E-state index in [1.54, 1.807) is 73.7 Å². The van der Waals surface area contributed by atoms with Crippen molar-refractivity contribution in [1.29, 1.82) is 0 Å². The molecule has 0 unspecified atom stereocenters. The summed E-state index contributed by atoms with van der Waals surface area (Å²) in [6.45, 7) is 1.62. The molecule has 0 aliphatic carbocycles. The van der Waals surface area contributed by atoms with Gasteiger partial charge in [0.2, 0.25) is 0 Å². The van der Waals surface area contributed by atoms with Crippen LogP contribution in [0.15, 0.2) is 91.0 Å². The van der Waals surface area contributed by atoms with Crippen LogP contribution in [0.4, 0.5) is 11.4 Å². The van der Waals surface area contributed by atoms with Crippen molar-refractivity contribution >= 4 is 34.1 Å². The van der Waals surface area contributed by atoms with Gasteiger partial charge in [-0.2, -0.15) is 0 Å². The maximum Gasteiger partial charge on any atom is 0.273 e. The number of nitro groups is 1. The van der Waals surface area contributed by atoms with Gasteiger partial charge in [0, 0.05) is 39.6 Å². The molecule has 36 heavy (non-hydrogen) atoms. The molecule has 0 spiro atoms. The van der Waals surface area contributed by atoms with Crippen molar-refractivity contribution < 1.29 is 14.5 Å². The van der Waals surface area contributed by atoms with E-state index in [1.807, 2.05) is 18.2 Å². The molecule has 1 heterocycles. The first-order valence-corrected chi connectivity index (χ1v) is 11.2. The molecule has 0 aliphatic heterocycles. The number of carbonyl (C=O) groups is 2. The zero-order valence-corrected chi connectivity index (χ0v) is 19.2. The molecule has 8 heteroatoms. The fraction of sp³-hybridized carbons (Fsp3) is 0.0357. The third-order valence-corrected chi connectivity index (χ3v) is 5.86. The largest absolute Gasteiger partial charge is 0.338 e. The summed E-state index contributed by atoms with van der Waals surface area (Å²) in [5.41, 5.74) is 4.59. The lowest BCUT2D eigenvalue weighted by atomic mass is 10.0. The second kappa shape index (κ2) is 9.27. The normalized spacial score (nSPS) is 10.8. The number of ketones is 1. The van der Waals surface area contributed by atoms with E-state index >= 15 is 0 Å². The van der Waals surface area contributed by atoms with Gasteiger partial charge in [0.15, 0.2) is 5.78 Å². The molecule has 8 nitrogen and oxygen atoms in total. The number of amides is 1. The molecule has 5 rings (SSSR count). The predicted octanol–water partition coefficient (Wildman–Crippen LogP) is 5.93. The molecule has 0 radical (unpaired) electrons. The molecule has 5 aromatic rings. The Morgan fingerprint density at radius 3 is 2.31 bits per heavy atom. The third kappa shape index (κ3) is 4.47. The van der Waals surface area contributed by atoms with Gasteiger partial charge in [0.05, 0.1) is 16.0 Å². The molecule has 0 aliphatic rings. The zero-order chi connectivity index (χ0) is 25.2. The number of nitro benzene ring substituents is 1. The Labute approximate surface area is 205 Å². The van der Waals surface area contributed by atoms with Gasteiger partial charge >= 0.3 is 0 Å². The monoisotopic (exact) mass is 476 g/mol. The molecule has 0 fully saturated rings. The number of nitrogens with zero attached hydrogens (tertiary/aromatic N) is 2. The summed E-state index contributed by atoms with van der Waals surface area (Å²) < 4.78 is 0. The van der Waals surface area contributed by atoms with Crippen LogP contribution in [0.3, 0.4) is 0 Å². The minimum absolute atomic E-state index is 0.0624. The van der Waals surface area contributed by atoms with Crippen molar-refractivity contribution in [3.05, 3.63) is 123 Å². The first-order valence-electron chi connectivity index (χ1n) is 11.2. The number of aromatic amines is 1. The highest BCUT2D eigenvalue weighted by molar-refractivity contribution is 6.10. The maximum atomic E-state index is 12.8. The number of aryl methyl sites for hydroxylation is 1. The van der Waals surface area contributed by atoms with Crippen LogP contribution in [0, 0.1) is 17.0 Å². The number of carbonyl (C=O) groups excluding carboxylic acids is 2. The fourth-order valence-electron chi connectivity index (χ4n) is 3.91. The van der Waals surface area contributed by atoms with E-state index in [0.717, 1.165) is 16.6 Å². The standard InChI is InChI=1S/C28H20N4O4/c1-17-7-8-21(16-25(17)32(35)36)28(34)29-22-12-9-19(10-13-22)27-30-23-14-11-20(15-24(23)31-27)26(33)18-5-3-2-4-6-18/h2-16H,1H3,(H,29,34)(H,30,31). The smallest absolute Gasteiger partial charge is 0.273 e. The van der Waals surface area contributed by atoms with Gasteiger partial charge < -0.3 is 10.3 Å². The Morgan fingerprint density at radius 2 is 1.58 bits per heavy atom. The van der Waals surface area contributed by atoms with Gasteiger partial charge in [-0.05, 0) is 55.5 Å². The number of H-pyrrole nitrogens is 1. The van der Waals surface area contributed by atoms with Crippen molar-refractivity contribution in [1.82, 2.24) is 9.97 Å². The van der Waals surface area contributed by atoms with Crippen LogP contribution in [0.2, 0.25) is 0 Å². The zero-order valence-electron chi connectivity index (χ0n) is 19.2. The second-order valence-electron chi connectivity index (χ2n) is 8.30. The number of nitrogens with one attached hydrogen (secondary N) is 2. The number of anilines is 1. The summed E-state index contributed by atoms with van der Waals surface area (Å²) in [6, 6.07) is 25.9. The number of benzene rings is 4. The number of aromatic nitrogens is 2. The number of hydrogen-bond donors (Lipinski definition) is 2. The van der Waals surface area contributed by atoms with Gasteiger partial charge in [0.25, 0.3) is 11.6 Å². The summed E-state index contributed by atoms with van der Waals surface area (Å²) in [6.07, 6.45) is 0. The van der Waals surface area contributed by atoms with Crippen molar-refractivity contribution in [3.63, 3.8) is 0 Å². The van der Waals surface area contributed by atoms with Gasteiger partial charge in [-0.1, -0.05) is 36.4 Å². The molecule has 0 saturated carbocycles. The third-order valence-electron chi connectivity index (χ3n) is 5.86. The summed E-state index contributed by atoms with van der Waals surface area (Å²) in [5, 5.41) is 13.9. The number of rotatable bonds is 6. The van der Waals surface area contributed by atoms with Gasteiger partial charge in [-0.25, -0.2) is 4.98 Å². The maximum absolute atomic E-state index is 12.8. The molecule has 4 aromatic carbocycles. The van der Waals surface area contributed by atoms with E-state index < -0.39 is 10.8 Å². The molecular formula is C28H20N4O4. The highest BCUT2D eigenvalue weighted by Crippen LogP contribution is 2.25. The summed E-state index contributed by atoms with van der Waals surface area (Å²) >= 11 is 0. The van der Waals surface area contributed by atoms with E-state index in [2.05, 4.69) is 15.3 Å². The van der Waals surface area contributed by atoms with Crippen molar-refractivity contribution in [2.75, 3.05) is 5.32 Å². The van der Waals surface area contributed by atoms with Crippen LogP contribution in [0.25, 0.3) is 22.4 Å². The van der Waals surface area contributed by atoms with Crippen LogP contribution in [0.5, 0.6) is 0 Å². The van der Waals surface area contributed by atoms with Crippen molar-refractivity contribution in [2.45, 2.75) is 6.92 Å². The van der Waals surface area contributed by atoms with Gasteiger partial charge in [0.1, 0.15) is 5.82 Å². The van der Waals surface area contributed by atoms with E-state index in [-0.39, 0.29) is 17.0 Å². The number of hydrogen-bond acceptors (Lipinski definition) is 5. The van der Waals surface area contributed by atoms with Crippen molar-refractivity contribution in [3.8, 4) is 11.4 Å². The van der Waals surface area contributed by atoms with E-state index in [4.69, 9.17) is 0 Å². The van der Waals surface area contributed by atoms with Crippen molar-refractivity contribution in [2.24, 2.45) is 0 Å². The van der Waals surface area contributed by atoms with E-state index in [9.17, 15) is 19.7 Å². The summed E-state index contributed by atoms with van der Waals surface area (Å²) in [7, 11) is 0. The first-order chi connectivity index (χ1) is 17.4. The summed E-state index contributed by atoms with van der Waals surface area (Å²) in [4.78, 5) is 43.9. The average Bonchev–Trinajstić information content (AvgIpc) is 3.32. The highest BCUT2D eigenvalue weighted by Gasteiger charge is 2.16. The Hall–Kier alpha value is -5.11. The minimum atomic E-state index is -0.505. The van der Waals surface area contributed by atoms with Crippen LogP contribution in [-0.4, -0.2) is 26.6 Å². The Morgan fingerprint density at radius 1 is 0.861 bits per heavy atom. The molecule has 2 N–H and O–H groups in total. The molecule has 0 bridgehead atoms. The second-order valence-corrected chi connectivity index (χ2v) is 8.30. The quantitative estimate of drug-likeness (QED) is 0.179. The Balaban J connectivity index is 1.34. The first kappa shape index (κ1) is 22.7. The lowest BCUT2D eigenvalue weighted by molar-refractivity contribution is -0.385. The Bertz CT molecular complexity index is 1620. The van der Waals surface area contributed by atoms with Crippen LogP contribution in [0.1, 0.15) is 31.8 Å². The molecule has 1 amide bonds. The Kier molecular flexibility index (Phi) is 5.83. The lowest BCUT2D eigenvalue weighted by Crippen LogP contribution is -2.12. The molecular weight excluding hydrogens is 456 g/mol. The highest BCUT2D eigenvalue weighted by atomic mass is 16.6. The molecule has 176 valence electrons. The summed E-state index contributed by atoms with van der Waals surface area (Å²) in [5.74, 6) is 0.124. The van der Waals surface area contributed by atoms with E-state index in [1.165, 1.54) is 6.07 Å². The van der Waals surface area contributed by atoms with Gasteiger partial charge in [-0.15, -0.1) is 0 Å². The predicted molar refractivity (Wildman–Crippen MR) is 137 cm³/mol. The topological polar surface area (TPSA) is 118 Å². The number of imidazole rings is 1. The lowest BCUT2D eigenvalue weighted by Gasteiger charge is -2.07. The van der Waals surface area contributed by atoms with Gasteiger partial charge in [-0.3, -0.25) is 19.7 Å². The SMILES string of the molecule is Cc1ccc(C(=O)Nc2ccc(-c3nc4ccc(C(=O)c5ccccc5)cc4[nH]3)cc2)cc1[N+](=O)[O-]. The molecule has 0 atom stereocenters. The fourth-order valence-corrected chi connectivity index (χ4v) is 3.91. The van der Waals surface area contributed by atoms with Crippen LogP contribution >= 0.6 is 0 Å². The minimum Gasteiger partial charge on any atom is -0.338 e.